The number of guanidine groups is 1. The number of halogens is 1. The van der Waals surface area contributed by atoms with Gasteiger partial charge < -0.3 is 16.2 Å². The second-order valence-electron chi connectivity index (χ2n) is 5.51. The predicted octanol–water partition coefficient (Wildman–Crippen LogP) is 3.05. The topological polar surface area (TPSA) is 143 Å². The lowest BCUT2D eigenvalue weighted by Crippen LogP contribution is -2.22. The number of hydrogen-bond donors (Lipinski definition) is 2. The molecule has 4 N–H and O–H groups in total. The van der Waals surface area contributed by atoms with E-state index in [4.69, 9.17) is 16.2 Å². The molecule has 0 unspecified atom stereocenters. The van der Waals surface area contributed by atoms with Gasteiger partial charge in [-0.15, -0.1) is 12.4 Å². The molecule has 0 aliphatic heterocycles. The average Bonchev–Trinajstić information content (AvgIpc) is 2.67. The number of benzene rings is 2. The maximum atomic E-state index is 11.1. The lowest BCUT2D eigenvalue weighted by atomic mass is 10.1. The van der Waals surface area contributed by atoms with Crippen molar-refractivity contribution in [2.75, 3.05) is 7.11 Å². The van der Waals surface area contributed by atoms with Gasteiger partial charge in [-0.2, -0.15) is 4.99 Å². The fourth-order valence-corrected chi connectivity index (χ4v) is 2.44. The normalized spacial score (nSPS) is 9.89. The Morgan fingerprint density at radius 2 is 1.68 bits per heavy atom. The Morgan fingerprint density at radius 3 is 2.25 bits per heavy atom. The van der Waals surface area contributed by atoms with Crippen LogP contribution in [0, 0.1) is 10.1 Å². The number of rotatable bonds is 5. The number of hydrogen-bond acceptors (Lipinski definition) is 6. The van der Waals surface area contributed by atoms with Crippen molar-refractivity contribution in [2.24, 2.45) is 16.5 Å². The van der Waals surface area contributed by atoms with Crippen LogP contribution in [-0.4, -0.2) is 28.0 Å². The Kier molecular flexibility index (Phi) is 6.46. The van der Waals surface area contributed by atoms with Gasteiger partial charge in [-0.3, -0.25) is 10.1 Å². The molecule has 10 heteroatoms. The summed E-state index contributed by atoms with van der Waals surface area (Å²) in [4.78, 5) is 23.1. The minimum atomic E-state index is -0.466. The van der Waals surface area contributed by atoms with Crippen LogP contribution in [0.2, 0.25) is 0 Å². The first kappa shape index (κ1) is 20.6. The molecule has 3 aromatic rings. The Balaban J connectivity index is 0.00000280. The summed E-state index contributed by atoms with van der Waals surface area (Å²) in [5.74, 6) is 0.577. The van der Waals surface area contributed by atoms with Crippen LogP contribution in [0.5, 0.6) is 5.75 Å². The summed E-state index contributed by atoms with van der Waals surface area (Å²) in [6, 6.07) is 15.1. The zero-order valence-electron chi connectivity index (χ0n) is 14.8. The molecular formula is C18H17ClN6O3. The molecule has 0 atom stereocenters. The summed E-state index contributed by atoms with van der Waals surface area (Å²) in [7, 11) is 1.58. The van der Waals surface area contributed by atoms with Gasteiger partial charge in [0, 0.05) is 23.3 Å². The third kappa shape index (κ3) is 4.71. The summed E-state index contributed by atoms with van der Waals surface area (Å²) in [5.41, 5.74) is 13.2. The Bertz CT molecular complexity index is 1020. The fourth-order valence-electron chi connectivity index (χ4n) is 2.44. The molecule has 0 saturated heterocycles. The van der Waals surface area contributed by atoms with E-state index in [2.05, 4.69) is 15.0 Å². The van der Waals surface area contributed by atoms with Gasteiger partial charge in [0.15, 0.2) is 5.96 Å². The van der Waals surface area contributed by atoms with Crippen LogP contribution in [0.1, 0.15) is 0 Å². The molecule has 0 radical (unpaired) electrons. The van der Waals surface area contributed by atoms with E-state index in [1.54, 1.807) is 37.4 Å². The predicted molar refractivity (Wildman–Crippen MR) is 109 cm³/mol. The molecule has 28 heavy (non-hydrogen) atoms. The van der Waals surface area contributed by atoms with E-state index >= 15 is 0 Å². The van der Waals surface area contributed by atoms with E-state index in [9.17, 15) is 10.1 Å². The highest BCUT2D eigenvalue weighted by Crippen LogP contribution is 2.28. The van der Waals surface area contributed by atoms with Gasteiger partial charge in [-0.25, -0.2) is 9.97 Å². The molecule has 0 fully saturated rings. The second-order valence-corrected chi connectivity index (χ2v) is 5.51. The van der Waals surface area contributed by atoms with E-state index in [0.717, 1.165) is 5.56 Å². The number of methoxy groups -OCH3 is 1. The number of nitro benzene ring substituents is 1. The van der Waals surface area contributed by atoms with E-state index < -0.39 is 4.92 Å². The number of nitro groups is 1. The molecule has 144 valence electrons. The maximum absolute atomic E-state index is 11.1. The average molecular weight is 401 g/mol. The Labute approximate surface area is 166 Å². The molecule has 0 spiro atoms. The van der Waals surface area contributed by atoms with Crippen LogP contribution in [0.3, 0.4) is 0 Å². The molecule has 3 rings (SSSR count). The molecule has 0 amide bonds. The highest BCUT2D eigenvalue weighted by Gasteiger charge is 2.12. The van der Waals surface area contributed by atoms with E-state index in [1.165, 1.54) is 12.1 Å². The molecule has 1 heterocycles. The summed E-state index contributed by atoms with van der Waals surface area (Å²) < 4.78 is 5.16. The summed E-state index contributed by atoms with van der Waals surface area (Å²) in [5, 5.41) is 11.1. The van der Waals surface area contributed by atoms with Gasteiger partial charge in [-0.1, -0.05) is 12.1 Å². The summed E-state index contributed by atoms with van der Waals surface area (Å²) >= 11 is 0. The van der Waals surface area contributed by atoms with E-state index in [0.29, 0.717) is 22.7 Å². The van der Waals surface area contributed by atoms with Crippen molar-refractivity contribution in [3.8, 4) is 28.3 Å². The quantitative estimate of drug-likeness (QED) is 0.290. The monoisotopic (exact) mass is 400 g/mol. The van der Waals surface area contributed by atoms with Crippen molar-refractivity contribution < 1.29 is 9.66 Å². The van der Waals surface area contributed by atoms with Crippen LogP contribution in [0.15, 0.2) is 59.6 Å². The van der Waals surface area contributed by atoms with Crippen molar-refractivity contribution in [3.05, 3.63) is 64.7 Å². The first-order chi connectivity index (χ1) is 13.0. The van der Waals surface area contributed by atoms with Gasteiger partial charge in [0.1, 0.15) is 5.75 Å². The van der Waals surface area contributed by atoms with Gasteiger partial charge >= 0.3 is 0 Å². The van der Waals surface area contributed by atoms with Crippen molar-refractivity contribution >= 4 is 30.0 Å². The highest BCUT2D eigenvalue weighted by molar-refractivity contribution is 5.85. The maximum Gasteiger partial charge on any atom is 0.270 e. The zero-order valence-corrected chi connectivity index (χ0v) is 15.6. The third-order valence-electron chi connectivity index (χ3n) is 3.68. The minimum Gasteiger partial charge on any atom is -0.497 e. The molecule has 0 aliphatic carbocycles. The van der Waals surface area contributed by atoms with Gasteiger partial charge in [0.2, 0.25) is 0 Å². The summed E-state index contributed by atoms with van der Waals surface area (Å²) in [6.45, 7) is 0. The van der Waals surface area contributed by atoms with Crippen molar-refractivity contribution in [2.45, 2.75) is 0 Å². The molecule has 1 aromatic heterocycles. The lowest BCUT2D eigenvalue weighted by Gasteiger charge is -2.08. The molecule has 2 aromatic carbocycles. The van der Waals surface area contributed by atoms with Crippen LogP contribution in [-0.2, 0) is 0 Å². The van der Waals surface area contributed by atoms with Gasteiger partial charge in [-0.05, 0) is 30.3 Å². The number of aromatic nitrogens is 2. The zero-order chi connectivity index (χ0) is 19.4. The molecular weight excluding hydrogens is 384 g/mol. The van der Waals surface area contributed by atoms with Crippen molar-refractivity contribution in [1.82, 2.24) is 9.97 Å². The Hall–Kier alpha value is -3.72. The highest BCUT2D eigenvalue weighted by atomic mass is 35.5. The SMILES string of the molecule is COc1ccc(-c2cc(-c3cccc([N+](=O)[O-])c3)nc(N=C(N)N)n2)cc1.Cl. The number of nitrogens with two attached hydrogens (primary N) is 2. The molecule has 9 nitrogen and oxygen atoms in total. The number of non-ortho nitro benzene ring substituents is 1. The van der Waals surface area contributed by atoms with Crippen molar-refractivity contribution in [1.29, 1.82) is 0 Å². The lowest BCUT2D eigenvalue weighted by molar-refractivity contribution is -0.384. The van der Waals surface area contributed by atoms with Crippen LogP contribution >= 0.6 is 12.4 Å². The number of ether oxygens (including phenoxy) is 1. The number of nitrogens with zero attached hydrogens (tertiary/aromatic N) is 4. The first-order valence-corrected chi connectivity index (χ1v) is 7.84. The third-order valence-corrected chi connectivity index (χ3v) is 3.68. The second kappa shape index (κ2) is 8.78. The van der Waals surface area contributed by atoms with Gasteiger partial charge in [0.25, 0.3) is 11.6 Å². The van der Waals surface area contributed by atoms with E-state index in [-0.39, 0.29) is 30.0 Å². The minimum absolute atomic E-state index is 0. The molecule has 0 saturated carbocycles. The van der Waals surface area contributed by atoms with Crippen LogP contribution < -0.4 is 16.2 Å². The molecule has 0 bridgehead atoms. The summed E-state index contributed by atoms with van der Waals surface area (Å²) in [6.07, 6.45) is 0. The smallest absolute Gasteiger partial charge is 0.270 e. The van der Waals surface area contributed by atoms with Crippen LogP contribution in [0.25, 0.3) is 22.5 Å². The Morgan fingerprint density at radius 1 is 1.04 bits per heavy atom. The largest absolute Gasteiger partial charge is 0.497 e. The van der Waals surface area contributed by atoms with Crippen molar-refractivity contribution in [3.63, 3.8) is 0 Å². The fraction of sp³-hybridized carbons (Fsp3) is 0.0556. The van der Waals surface area contributed by atoms with Crippen LogP contribution in [0.4, 0.5) is 11.6 Å². The number of aliphatic imine (C=N–C) groups is 1. The molecule has 0 aliphatic rings. The standard InChI is InChI=1S/C18H16N6O3.ClH/c1-27-14-7-5-11(6-8-14)15-10-16(22-18(21-15)23-17(19)20)12-3-2-4-13(9-12)24(25)26;/h2-10H,1H3,(H4,19,20,21,22,23);1H. The van der Waals surface area contributed by atoms with E-state index in [1.807, 2.05) is 12.1 Å². The van der Waals surface area contributed by atoms with Gasteiger partial charge in [0.05, 0.1) is 23.4 Å². The first-order valence-electron chi connectivity index (χ1n) is 7.84.